The highest BCUT2D eigenvalue weighted by Gasteiger charge is 2.15. The first-order valence-electron chi connectivity index (χ1n) is 8.23. The molecule has 0 aliphatic carbocycles. The molecule has 1 saturated heterocycles. The number of ether oxygens (including phenoxy) is 1. The minimum absolute atomic E-state index is 0.265. The van der Waals surface area contributed by atoms with E-state index in [4.69, 9.17) is 4.74 Å². The molecule has 0 bridgehead atoms. The van der Waals surface area contributed by atoms with Gasteiger partial charge < -0.3 is 15.4 Å². The Morgan fingerprint density at radius 3 is 2.91 bits per heavy atom. The van der Waals surface area contributed by atoms with Crippen LogP contribution in [0.5, 0.6) is 0 Å². The molecule has 3 rings (SSSR count). The van der Waals surface area contributed by atoms with E-state index in [-0.39, 0.29) is 6.10 Å². The molecule has 0 amide bonds. The Morgan fingerprint density at radius 1 is 1.17 bits per heavy atom. The van der Waals surface area contributed by atoms with Crippen molar-refractivity contribution < 1.29 is 4.74 Å². The molecule has 2 aromatic rings. The van der Waals surface area contributed by atoms with Crippen LogP contribution in [0.25, 0.3) is 0 Å². The van der Waals surface area contributed by atoms with E-state index >= 15 is 0 Å². The lowest BCUT2D eigenvalue weighted by atomic mass is 10.1. The Balaban J connectivity index is 1.40. The van der Waals surface area contributed by atoms with Gasteiger partial charge in [0.2, 0.25) is 5.95 Å². The lowest BCUT2D eigenvalue weighted by Crippen LogP contribution is -2.20. The van der Waals surface area contributed by atoms with Gasteiger partial charge in [-0.05, 0) is 31.2 Å². The van der Waals surface area contributed by atoms with Gasteiger partial charge in [0.25, 0.3) is 0 Å². The molecule has 1 aromatic heterocycles. The van der Waals surface area contributed by atoms with Crippen molar-refractivity contribution >= 4 is 11.8 Å². The van der Waals surface area contributed by atoms with Crippen LogP contribution in [-0.4, -0.2) is 41.0 Å². The molecule has 1 unspecified atom stereocenters. The van der Waals surface area contributed by atoms with Crippen LogP contribution in [-0.2, 0) is 11.2 Å². The van der Waals surface area contributed by atoms with Crippen LogP contribution in [0.4, 0.5) is 11.8 Å². The largest absolute Gasteiger partial charge is 0.376 e. The molecular weight excluding hydrogens is 290 g/mol. The number of nitrogens with one attached hydrogen (secondary N) is 2. The molecule has 1 atom stereocenters. The van der Waals surface area contributed by atoms with Gasteiger partial charge in [0.15, 0.2) is 0 Å². The fourth-order valence-electron chi connectivity index (χ4n) is 2.63. The third kappa shape index (κ3) is 5.17. The van der Waals surface area contributed by atoms with E-state index in [0.717, 1.165) is 51.2 Å². The first-order chi connectivity index (χ1) is 11.4. The molecule has 1 aliphatic heterocycles. The monoisotopic (exact) mass is 313 g/mol. The third-order valence-corrected chi connectivity index (χ3v) is 3.86. The second-order valence-electron chi connectivity index (χ2n) is 5.70. The molecule has 2 N–H and O–H groups in total. The van der Waals surface area contributed by atoms with E-state index in [1.54, 1.807) is 6.20 Å². The molecule has 6 nitrogen and oxygen atoms in total. The molecule has 1 fully saturated rings. The van der Waals surface area contributed by atoms with Crippen molar-refractivity contribution in [1.29, 1.82) is 0 Å². The number of aromatic nitrogens is 3. The van der Waals surface area contributed by atoms with Crippen LogP contribution in [0.3, 0.4) is 0 Å². The lowest BCUT2D eigenvalue weighted by Gasteiger charge is -2.11. The standard InChI is InChI=1S/C17H23N5O/c1-2-6-14(7-3-1)8-4-10-18-16-13-20-22-17(21-16)19-12-15-9-5-11-23-15/h1-3,6-7,13,15H,4-5,8-12H2,(H2,18,19,21,22). The van der Waals surface area contributed by atoms with Crippen molar-refractivity contribution in [3.8, 4) is 0 Å². The highest BCUT2D eigenvalue weighted by molar-refractivity contribution is 5.36. The first kappa shape index (κ1) is 15.7. The summed E-state index contributed by atoms with van der Waals surface area (Å²) in [6.45, 7) is 2.45. The minimum atomic E-state index is 0.265. The summed E-state index contributed by atoms with van der Waals surface area (Å²) in [4.78, 5) is 4.43. The van der Waals surface area contributed by atoms with Crippen LogP contribution >= 0.6 is 0 Å². The van der Waals surface area contributed by atoms with Gasteiger partial charge in [-0.15, -0.1) is 5.10 Å². The zero-order chi connectivity index (χ0) is 15.7. The average molecular weight is 313 g/mol. The first-order valence-corrected chi connectivity index (χ1v) is 8.23. The van der Waals surface area contributed by atoms with Crippen molar-refractivity contribution in [1.82, 2.24) is 15.2 Å². The van der Waals surface area contributed by atoms with Gasteiger partial charge in [0, 0.05) is 19.7 Å². The number of benzene rings is 1. The summed E-state index contributed by atoms with van der Waals surface area (Å²) >= 11 is 0. The van der Waals surface area contributed by atoms with Crippen LogP contribution in [0.15, 0.2) is 36.5 Å². The molecule has 23 heavy (non-hydrogen) atoms. The van der Waals surface area contributed by atoms with Gasteiger partial charge >= 0.3 is 0 Å². The summed E-state index contributed by atoms with van der Waals surface area (Å²) in [6.07, 6.45) is 6.25. The van der Waals surface area contributed by atoms with Crippen LogP contribution < -0.4 is 10.6 Å². The topological polar surface area (TPSA) is 72.0 Å². The Bertz CT molecular complexity index is 587. The van der Waals surface area contributed by atoms with Gasteiger partial charge in [0.05, 0.1) is 12.3 Å². The maximum atomic E-state index is 5.57. The Morgan fingerprint density at radius 2 is 2.09 bits per heavy atom. The van der Waals surface area contributed by atoms with E-state index in [1.807, 2.05) is 6.07 Å². The van der Waals surface area contributed by atoms with Gasteiger partial charge in [-0.2, -0.15) is 10.1 Å². The molecule has 1 aliphatic rings. The average Bonchev–Trinajstić information content (AvgIpc) is 3.12. The van der Waals surface area contributed by atoms with Crippen molar-refractivity contribution in [3.63, 3.8) is 0 Å². The molecule has 122 valence electrons. The van der Waals surface area contributed by atoms with Crippen molar-refractivity contribution in [2.75, 3.05) is 30.3 Å². The number of aryl methyl sites for hydroxylation is 1. The number of hydrogen-bond acceptors (Lipinski definition) is 6. The number of anilines is 2. The Hall–Kier alpha value is -2.21. The Labute approximate surface area is 136 Å². The van der Waals surface area contributed by atoms with Crippen LogP contribution in [0, 0.1) is 0 Å². The second-order valence-corrected chi connectivity index (χ2v) is 5.70. The van der Waals surface area contributed by atoms with Gasteiger partial charge in [-0.1, -0.05) is 30.3 Å². The molecule has 6 heteroatoms. The van der Waals surface area contributed by atoms with E-state index in [0.29, 0.717) is 5.95 Å². The second kappa shape index (κ2) is 8.43. The van der Waals surface area contributed by atoms with E-state index in [2.05, 4.69) is 50.1 Å². The lowest BCUT2D eigenvalue weighted by molar-refractivity contribution is 0.120. The maximum Gasteiger partial charge on any atom is 0.244 e. The number of rotatable bonds is 8. The summed E-state index contributed by atoms with van der Waals surface area (Å²) in [7, 11) is 0. The smallest absolute Gasteiger partial charge is 0.244 e. The van der Waals surface area contributed by atoms with Crippen molar-refractivity contribution in [3.05, 3.63) is 42.1 Å². The molecule has 0 spiro atoms. The summed E-state index contributed by atoms with van der Waals surface area (Å²) in [6, 6.07) is 10.5. The number of hydrogen-bond donors (Lipinski definition) is 2. The normalized spacial score (nSPS) is 17.1. The quantitative estimate of drug-likeness (QED) is 0.730. The van der Waals surface area contributed by atoms with Gasteiger partial charge in [-0.3, -0.25) is 0 Å². The molecule has 0 radical (unpaired) electrons. The van der Waals surface area contributed by atoms with Crippen LogP contribution in [0.2, 0.25) is 0 Å². The van der Waals surface area contributed by atoms with Crippen molar-refractivity contribution in [2.45, 2.75) is 31.8 Å². The summed E-state index contributed by atoms with van der Waals surface area (Å²) in [5.41, 5.74) is 1.36. The predicted molar refractivity (Wildman–Crippen MR) is 90.5 cm³/mol. The fourth-order valence-corrected chi connectivity index (χ4v) is 2.63. The molecular formula is C17H23N5O. The maximum absolute atomic E-state index is 5.57. The summed E-state index contributed by atoms with van der Waals surface area (Å²) in [5.74, 6) is 1.30. The molecule has 1 aromatic carbocycles. The van der Waals surface area contributed by atoms with E-state index < -0.39 is 0 Å². The molecule has 0 saturated carbocycles. The highest BCUT2D eigenvalue weighted by Crippen LogP contribution is 2.12. The van der Waals surface area contributed by atoms with Crippen LogP contribution in [0.1, 0.15) is 24.8 Å². The molecule has 2 heterocycles. The van der Waals surface area contributed by atoms with Crippen molar-refractivity contribution in [2.24, 2.45) is 0 Å². The summed E-state index contributed by atoms with van der Waals surface area (Å²) < 4.78 is 5.57. The van der Waals surface area contributed by atoms with Gasteiger partial charge in [-0.25, -0.2) is 0 Å². The third-order valence-electron chi connectivity index (χ3n) is 3.86. The minimum Gasteiger partial charge on any atom is -0.376 e. The zero-order valence-corrected chi connectivity index (χ0v) is 13.2. The van der Waals surface area contributed by atoms with Gasteiger partial charge in [0.1, 0.15) is 5.82 Å². The van der Waals surface area contributed by atoms with E-state index in [9.17, 15) is 0 Å². The highest BCUT2D eigenvalue weighted by atomic mass is 16.5. The fraction of sp³-hybridized carbons (Fsp3) is 0.471. The predicted octanol–water partition coefficient (Wildman–Crippen LogP) is 2.51. The number of nitrogens with zero attached hydrogens (tertiary/aromatic N) is 3. The summed E-state index contributed by atoms with van der Waals surface area (Å²) in [5, 5.41) is 14.5. The Kier molecular flexibility index (Phi) is 5.75. The SMILES string of the molecule is c1ccc(CCCNc2cnnc(NCC3CCCO3)n2)cc1. The van der Waals surface area contributed by atoms with E-state index in [1.165, 1.54) is 5.56 Å². The zero-order valence-electron chi connectivity index (χ0n) is 13.2.